The van der Waals surface area contributed by atoms with E-state index in [1.165, 1.54) is 12.8 Å². The Bertz CT molecular complexity index is 383. The first-order valence-electron chi connectivity index (χ1n) is 6.66. The quantitative estimate of drug-likeness (QED) is 0.840. The van der Waals surface area contributed by atoms with Crippen LogP contribution in [0.1, 0.15) is 25.7 Å². The maximum atomic E-state index is 5.14. The van der Waals surface area contributed by atoms with Crippen LogP contribution in [0.2, 0.25) is 0 Å². The lowest BCUT2D eigenvalue weighted by Gasteiger charge is -2.28. The van der Waals surface area contributed by atoms with Crippen LogP contribution in [0.4, 0.5) is 5.95 Å². The lowest BCUT2D eigenvalue weighted by Crippen LogP contribution is -2.35. The van der Waals surface area contributed by atoms with Crippen LogP contribution >= 0.6 is 0 Å². The van der Waals surface area contributed by atoms with Gasteiger partial charge in [0.15, 0.2) is 0 Å². The van der Waals surface area contributed by atoms with Gasteiger partial charge in [-0.3, -0.25) is 0 Å². The van der Waals surface area contributed by atoms with Crippen LogP contribution < -0.4 is 20.1 Å². The molecule has 0 spiro atoms. The molecule has 1 aromatic rings. The number of anilines is 1. The highest BCUT2D eigenvalue weighted by Crippen LogP contribution is 2.23. The Morgan fingerprint density at radius 1 is 1.00 bits per heavy atom. The largest absolute Gasteiger partial charge is 0.481 e. The van der Waals surface area contributed by atoms with Gasteiger partial charge in [0, 0.05) is 12.1 Å². The minimum absolute atomic E-state index is 0.418. The van der Waals surface area contributed by atoms with Crippen molar-refractivity contribution in [1.82, 2.24) is 15.3 Å². The summed E-state index contributed by atoms with van der Waals surface area (Å²) in [6.07, 6.45) is 4.59. The van der Waals surface area contributed by atoms with Gasteiger partial charge in [-0.15, -0.1) is 0 Å². The van der Waals surface area contributed by atoms with Crippen LogP contribution in [0.3, 0.4) is 0 Å². The van der Waals surface area contributed by atoms with E-state index in [4.69, 9.17) is 9.47 Å². The van der Waals surface area contributed by atoms with Crippen molar-refractivity contribution in [3.63, 3.8) is 0 Å². The normalized spacial score (nSPS) is 22.9. The van der Waals surface area contributed by atoms with Crippen LogP contribution in [0.15, 0.2) is 6.07 Å². The molecule has 0 bridgehead atoms. The average Bonchev–Trinajstić information content (AvgIpc) is 2.47. The maximum Gasteiger partial charge on any atom is 0.229 e. The molecule has 2 rings (SSSR count). The molecule has 106 valence electrons. The number of methoxy groups -OCH3 is 2. The number of hydrogen-bond donors (Lipinski definition) is 2. The van der Waals surface area contributed by atoms with E-state index in [1.54, 1.807) is 20.3 Å². The molecule has 0 aliphatic heterocycles. The zero-order valence-electron chi connectivity index (χ0n) is 11.8. The summed E-state index contributed by atoms with van der Waals surface area (Å²) in [7, 11) is 5.20. The lowest BCUT2D eigenvalue weighted by atomic mass is 9.91. The molecule has 0 aromatic carbocycles. The predicted molar refractivity (Wildman–Crippen MR) is 73.9 cm³/mol. The van der Waals surface area contributed by atoms with Crippen LogP contribution in [-0.2, 0) is 0 Å². The molecule has 1 fully saturated rings. The molecule has 19 heavy (non-hydrogen) atoms. The molecule has 2 N–H and O–H groups in total. The number of aromatic nitrogens is 2. The zero-order valence-corrected chi connectivity index (χ0v) is 11.8. The molecule has 6 nitrogen and oxygen atoms in total. The van der Waals surface area contributed by atoms with Gasteiger partial charge in [-0.05, 0) is 32.7 Å². The fraction of sp³-hybridized carbons (Fsp3) is 0.692. The van der Waals surface area contributed by atoms with Crippen molar-refractivity contribution in [2.45, 2.75) is 37.8 Å². The molecule has 0 amide bonds. The third-order valence-corrected chi connectivity index (χ3v) is 3.57. The highest BCUT2D eigenvalue weighted by molar-refractivity contribution is 5.34. The third-order valence-electron chi connectivity index (χ3n) is 3.57. The minimum atomic E-state index is 0.418. The molecular weight excluding hydrogens is 244 g/mol. The van der Waals surface area contributed by atoms with Gasteiger partial charge in [0.25, 0.3) is 0 Å². The van der Waals surface area contributed by atoms with E-state index in [0.717, 1.165) is 12.8 Å². The average molecular weight is 266 g/mol. The fourth-order valence-electron chi connectivity index (χ4n) is 2.39. The highest BCUT2D eigenvalue weighted by atomic mass is 16.5. The summed E-state index contributed by atoms with van der Waals surface area (Å²) in [5.74, 6) is 1.60. The van der Waals surface area contributed by atoms with Crippen molar-refractivity contribution in [3.8, 4) is 11.8 Å². The summed E-state index contributed by atoms with van der Waals surface area (Å²) in [5.41, 5.74) is 0. The Morgan fingerprint density at radius 3 is 2.00 bits per heavy atom. The number of rotatable bonds is 5. The summed E-state index contributed by atoms with van der Waals surface area (Å²) >= 11 is 0. The topological polar surface area (TPSA) is 68.3 Å². The van der Waals surface area contributed by atoms with E-state index >= 15 is 0 Å². The van der Waals surface area contributed by atoms with Gasteiger partial charge in [-0.25, -0.2) is 0 Å². The number of nitrogens with one attached hydrogen (secondary N) is 2. The number of hydrogen-bond acceptors (Lipinski definition) is 6. The first-order valence-corrected chi connectivity index (χ1v) is 6.66. The van der Waals surface area contributed by atoms with Gasteiger partial charge in [0.05, 0.1) is 20.3 Å². The SMILES string of the molecule is CNC1CCC(Nc2nc(OC)cc(OC)n2)CC1. The number of ether oxygens (including phenoxy) is 2. The molecule has 0 unspecified atom stereocenters. The fourth-order valence-corrected chi connectivity index (χ4v) is 2.39. The monoisotopic (exact) mass is 266 g/mol. The smallest absolute Gasteiger partial charge is 0.229 e. The van der Waals surface area contributed by atoms with Gasteiger partial charge in [0.2, 0.25) is 17.7 Å². The molecule has 1 aliphatic rings. The summed E-state index contributed by atoms with van der Waals surface area (Å²) in [6.45, 7) is 0. The van der Waals surface area contributed by atoms with Crippen molar-refractivity contribution < 1.29 is 9.47 Å². The van der Waals surface area contributed by atoms with Gasteiger partial charge in [-0.2, -0.15) is 9.97 Å². The zero-order chi connectivity index (χ0) is 13.7. The van der Waals surface area contributed by atoms with Gasteiger partial charge in [-0.1, -0.05) is 0 Å². The second-order valence-electron chi connectivity index (χ2n) is 4.76. The molecule has 6 heteroatoms. The van der Waals surface area contributed by atoms with Crippen molar-refractivity contribution in [3.05, 3.63) is 6.07 Å². The number of nitrogens with zero attached hydrogens (tertiary/aromatic N) is 2. The van der Waals surface area contributed by atoms with E-state index in [1.807, 2.05) is 7.05 Å². The Kier molecular flexibility index (Phi) is 4.79. The van der Waals surface area contributed by atoms with Crippen molar-refractivity contribution in [2.75, 3.05) is 26.6 Å². The molecule has 1 saturated carbocycles. The molecule has 0 radical (unpaired) electrons. The first kappa shape index (κ1) is 13.9. The van der Waals surface area contributed by atoms with Crippen molar-refractivity contribution in [1.29, 1.82) is 0 Å². The predicted octanol–water partition coefficient (Wildman–Crippen LogP) is 1.44. The summed E-state index contributed by atoms with van der Waals surface area (Å²) in [6, 6.07) is 2.73. The van der Waals surface area contributed by atoms with Crippen LogP contribution in [0.25, 0.3) is 0 Å². The third kappa shape index (κ3) is 3.70. The van der Waals surface area contributed by atoms with Crippen molar-refractivity contribution >= 4 is 5.95 Å². The van der Waals surface area contributed by atoms with E-state index < -0.39 is 0 Å². The summed E-state index contributed by atoms with van der Waals surface area (Å²) < 4.78 is 10.3. The van der Waals surface area contributed by atoms with Crippen LogP contribution in [-0.4, -0.2) is 43.3 Å². The Hall–Kier alpha value is -1.56. The summed E-state index contributed by atoms with van der Waals surface area (Å²) in [4.78, 5) is 8.59. The molecule has 1 aromatic heterocycles. The second-order valence-corrected chi connectivity index (χ2v) is 4.76. The van der Waals surface area contributed by atoms with E-state index in [9.17, 15) is 0 Å². The molecule has 0 saturated heterocycles. The van der Waals surface area contributed by atoms with E-state index in [2.05, 4.69) is 20.6 Å². The first-order chi connectivity index (χ1) is 9.25. The molecule has 1 heterocycles. The van der Waals surface area contributed by atoms with Crippen molar-refractivity contribution in [2.24, 2.45) is 0 Å². The molecule has 0 atom stereocenters. The Balaban J connectivity index is 1.99. The second kappa shape index (κ2) is 6.56. The Labute approximate surface area is 113 Å². The lowest BCUT2D eigenvalue weighted by molar-refractivity contribution is 0.363. The van der Waals surface area contributed by atoms with Crippen LogP contribution in [0.5, 0.6) is 11.8 Å². The minimum Gasteiger partial charge on any atom is -0.481 e. The van der Waals surface area contributed by atoms with Gasteiger partial charge < -0.3 is 20.1 Å². The highest BCUT2D eigenvalue weighted by Gasteiger charge is 2.20. The maximum absolute atomic E-state index is 5.14. The Morgan fingerprint density at radius 2 is 1.53 bits per heavy atom. The summed E-state index contributed by atoms with van der Waals surface area (Å²) in [5, 5.41) is 6.69. The molecular formula is C13H22N4O2. The van der Waals surface area contributed by atoms with Crippen LogP contribution in [0, 0.1) is 0 Å². The van der Waals surface area contributed by atoms with Gasteiger partial charge >= 0.3 is 0 Å². The van der Waals surface area contributed by atoms with E-state index in [-0.39, 0.29) is 0 Å². The van der Waals surface area contributed by atoms with Gasteiger partial charge in [0.1, 0.15) is 0 Å². The standard InChI is InChI=1S/C13H22N4O2/c1-14-9-4-6-10(7-5-9)15-13-16-11(18-2)8-12(17-13)19-3/h8-10,14H,4-7H2,1-3H3,(H,15,16,17). The van der Waals surface area contributed by atoms with E-state index in [0.29, 0.717) is 29.8 Å². The molecule has 1 aliphatic carbocycles.